The summed E-state index contributed by atoms with van der Waals surface area (Å²) in [5, 5.41) is 0.455. The lowest BCUT2D eigenvalue weighted by Gasteiger charge is -2.36. The highest BCUT2D eigenvalue weighted by molar-refractivity contribution is 14.1. The maximum atomic E-state index is 14.1. The summed E-state index contributed by atoms with van der Waals surface area (Å²) in [5.74, 6) is -0.587. The van der Waals surface area contributed by atoms with E-state index in [4.69, 9.17) is 4.43 Å². The van der Waals surface area contributed by atoms with Gasteiger partial charge in [-0.1, -0.05) is 27.7 Å². The number of hydrogen-bond donors (Lipinski definition) is 0. The number of rotatable bonds is 6. The minimum absolute atomic E-state index is 0.0875. The predicted molar refractivity (Wildman–Crippen MR) is 119 cm³/mol. The summed E-state index contributed by atoms with van der Waals surface area (Å²) in [7, 11) is -1.92. The molecule has 0 unspecified atom stereocenters. The van der Waals surface area contributed by atoms with Crippen molar-refractivity contribution in [3.63, 3.8) is 0 Å². The third-order valence-corrected chi connectivity index (χ3v) is 10.7. The van der Waals surface area contributed by atoms with E-state index in [1.807, 2.05) is 22.6 Å². The SMILES string of the molecule is CCC(=O)c1cn(CCO[Si](C)(C)C(C)(C)C)c2cc(F)c(I)cc2c1=O. The van der Waals surface area contributed by atoms with E-state index in [1.54, 1.807) is 17.7 Å². The van der Waals surface area contributed by atoms with E-state index in [9.17, 15) is 14.0 Å². The predicted octanol–water partition coefficient (Wildman–Crippen LogP) is 5.36. The van der Waals surface area contributed by atoms with Gasteiger partial charge >= 0.3 is 0 Å². The molecular weight excluding hydrogens is 476 g/mol. The average Bonchev–Trinajstić information content (AvgIpc) is 2.57. The van der Waals surface area contributed by atoms with Crippen LogP contribution < -0.4 is 5.43 Å². The highest BCUT2D eigenvalue weighted by Gasteiger charge is 2.36. The van der Waals surface area contributed by atoms with Crippen molar-refractivity contribution in [3.05, 3.63) is 43.5 Å². The Hall–Kier alpha value is -1.06. The van der Waals surface area contributed by atoms with Crippen LogP contribution in [0.4, 0.5) is 4.39 Å². The maximum absolute atomic E-state index is 14.1. The number of carbonyl (C=O) groups excluding carboxylic acids is 1. The van der Waals surface area contributed by atoms with Crippen molar-refractivity contribution >= 4 is 47.6 Å². The van der Waals surface area contributed by atoms with E-state index in [-0.39, 0.29) is 34.1 Å². The molecule has 0 amide bonds. The molecule has 0 spiro atoms. The molecule has 0 aliphatic carbocycles. The van der Waals surface area contributed by atoms with Gasteiger partial charge < -0.3 is 8.99 Å². The molecule has 0 atom stereocenters. The van der Waals surface area contributed by atoms with Crippen molar-refractivity contribution in [3.8, 4) is 0 Å². The Morgan fingerprint density at radius 1 is 1.30 bits per heavy atom. The number of hydrogen-bond acceptors (Lipinski definition) is 3. The molecular formula is C20H27FINO3Si. The van der Waals surface area contributed by atoms with Crippen LogP contribution in [0.5, 0.6) is 0 Å². The lowest BCUT2D eigenvalue weighted by atomic mass is 10.1. The lowest BCUT2D eigenvalue weighted by molar-refractivity contribution is 0.0986. The Balaban J connectivity index is 2.48. The molecule has 0 saturated heterocycles. The summed E-state index contributed by atoms with van der Waals surface area (Å²) in [5.41, 5.74) is 0.306. The molecule has 1 heterocycles. The molecule has 4 nitrogen and oxygen atoms in total. The number of benzene rings is 1. The minimum atomic E-state index is -1.92. The highest BCUT2D eigenvalue weighted by atomic mass is 127. The monoisotopic (exact) mass is 503 g/mol. The van der Waals surface area contributed by atoms with Gasteiger partial charge in [-0.15, -0.1) is 0 Å². The normalized spacial score (nSPS) is 12.6. The largest absolute Gasteiger partial charge is 0.415 e. The van der Waals surface area contributed by atoms with Gasteiger partial charge in [0.25, 0.3) is 0 Å². The van der Waals surface area contributed by atoms with Crippen molar-refractivity contribution in [2.24, 2.45) is 0 Å². The molecule has 2 rings (SSSR count). The summed E-state index contributed by atoms with van der Waals surface area (Å²) >= 11 is 1.86. The third kappa shape index (κ3) is 4.68. The Bertz CT molecular complexity index is 931. The first-order valence-corrected chi connectivity index (χ1v) is 13.1. The smallest absolute Gasteiger partial charge is 0.200 e. The van der Waals surface area contributed by atoms with Crippen LogP contribution in [0.15, 0.2) is 23.1 Å². The molecule has 0 aliphatic heterocycles. The van der Waals surface area contributed by atoms with Crippen molar-refractivity contribution < 1.29 is 13.6 Å². The number of aromatic nitrogens is 1. The Morgan fingerprint density at radius 2 is 1.93 bits per heavy atom. The molecule has 0 bridgehead atoms. The van der Waals surface area contributed by atoms with Crippen molar-refractivity contribution in [2.75, 3.05) is 6.61 Å². The molecule has 0 saturated carbocycles. The molecule has 1 aromatic heterocycles. The Labute approximate surface area is 174 Å². The van der Waals surface area contributed by atoms with Gasteiger partial charge in [0.05, 0.1) is 17.7 Å². The van der Waals surface area contributed by atoms with E-state index < -0.39 is 8.32 Å². The van der Waals surface area contributed by atoms with E-state index >= 15 is 0 Å². The topological polar surface area (TPSA) is 48.3 Å². The highest BCUT2D eigenvalue weighted by Crippen LogP contribution is 2.36. The second-order valence-electron chi connectivity index (χ2n) is 8.23. The molecule has 0 aliphatic rings. The zero-order chi connectivity index (χ0) is 20.6. The van der Waals surface area contributed by atoms with Crippen LogP contribution in [0.25, 0.3) is 10.9 Å². The van der Waals surface area contributed by atoms with Crippen LogP contribution in [-0.2, 0) is 11.0 Å². The van der Waals surface area contributed by atoms with Gasteiger partial charge in [0.1, 0.15) is 5.82 Å². The van der Waals surface area contributed by atoms with Gasteiger partial charge in [-0.3, -0.25) is 9.59 Å². The number of nitrogens with zero attached hydrogens (tertiary/aromatic N) is 1. The fraction of sp³-hybridized carbons (Fsp3) is 0.500. The van der Waals surface area contributed by atoms with Crippen LogP contribution in [0, 0.1) is 9.39 Å². The van der Waals surface area contributed by atoms with Crippen LogP contribution in [0.2, 0.25) is 18.1 Å². The molecule has 27 heavy (non-hydrogen) atoms. The second kappa shape index (κ2) is 8.12. The first kappa shape index (κ1) is 22.2. The first-order valence-electron chi connectivity index (χ1n) is 9.08. The molecule has 0 N–H and O–H groups in total. The van der Waals surface area contributed by atoms with Gasteiger partial charge in [-0.25, -0.2) is 4.39 Å². The summed E-state index contributed by atoms with van der Waals surface area (Å²) < 4.78 is 22.5. The Kier molecular flexibility index (Phi) is 6.69. The molecule has 1 aromatic carbocycles. The third-order valence-electron chi connectivity index (χ3n) is 5.35. The molecule has 148 valence electrons. The van der Waals surface area contributed by atoms with E-state index in [1.165, 1.54) is 12.1 Å². The fourth-order valence-electron chi connectivity index (χ4n) is 2.57. The van der Waals surface area contributed by atoms with Crippen LogP contribution in [0.3, 0.4) is 0 Å². The quantitative estimate of drug-likeness (QED) is 0.303. The van der Waals surface area contributed by atoms with Crippen LogP contribution in [-0.4, -0.2) is 25.3 Å². The summed E-state index contributed by atoms with van der Waals surface area (Å²) in [6.45, 7) is 13.5. The van der Waals surface area contributed by atoms with Gasteiger partial charge in [0.2, 0.25) is 0 Å². The zero-order valence-corrected chi connectivity index (χ0v) is 19.9. The molecule has 2 aromatic rings. The van der Waals surface area contributed by atoms with E-state index in [0.29, 0.717) is 27.6 Å². The van der Waals surface area contributed by atoms with Gasteiger partial charge in [0, 0.05) is 28.1 Å². The summed E-state index contributed by atoms with van der Waals surface area (Å²) in [6, 6.07) is 2.89. The lowest BCUT2D eigenvalue weighted by Crippen LogP contribution is -2.41. The van der Waals surface area contributed by atoms with Gasteiger partial charge in [0.15, 0.2) is 19.5 Å². The standard InChI is InChI=1S/C20H27FINO3Si/c1-7-18(24)14-12-23(8-9-26-27(5,6)20(2,3)4)17-11-15(21)16(22)10-13(17)19(14)25/h10-12H,7-9H2,1-6H3. The van der Waals surface area contributed by atoms with Crippen molar-refractivity contribution in [1.29, 1.82) is 0 Å². The average molecular weight is 503 g/mol. The number of carbonyl (C=O) groups is 1. The summed E-state index contributed by atoms with van der Waals surface area (Å²) in [6.07, 6.45) is 1.80. The number of fused-ring (bicyclic) bond motifs is 1. The molecule has 0 radical (unpaired) electrons. The zero-order valence-electron chi connectivity index (χ0n) is 16.8. The van der Waals surface area contributed by atoms with Gasteiger partial charge in [-0.05, 0) is 52.9 Å². The molecule has 7 heteroatoms. The second-order valence-corrected chi connectivity index (χ2v) is 14.2. The fourth-order valence-corrected chi connectivity index (χ4v) is 4.08. The van der Waals surface area contributed by atoms with Crippen molar-refractivity contribution in [2.45, 2.75) is 58.8 Å². The van der Waals surface area contributed by atoms with E-state index in [2.05, 4.69) is 33.9 Å². The number of ketones is 1. The maximum Gasteiger partial charge on any atom is 0.200 e. The number of halogens is 2. The minimum Gasteiger partial charge on any atom is -0.415 e. The first-order chi connectivity index (χ1) is 12.4. The van der Waals surface area contributed by atoms with Gasteiger partial charge in [-0.2, -0.15) is 0 Å². The number of Topliss-reactive ketones (excluding diaryl/α,β-unsaturated/α-hetero) is 1. The van der Waals surface area contributed by atoms with Crippen LogP contribution in [0.1, 0.15) is 44.5 Å². The van der Waals surface area contributed by atoms with Crippen molar-refractivity contribution in [1.82, 2.24) is 4.57 Å². The van der Waals surface area contributed by atoms with Crippen LogP contribution >= 0.6 is 22.6 Å². The molecule has 0 fully saturated rings. The number of pyridine rings is 1. The van der Waals surface area contributed by atoms with E-state index in [0.717, 1.165) is 0 Å². The Morgan fingerprint density at radius 3 is 2.48 bits per heavy atom. The summed E-state index contributed by atoms with van der Waals surface area (Å²) in [4.78, 5) is 25.0.